The number of piperidine rings is 1. The number of benzene rings is 1. The first-order valence-corrected chi connectivity index (χ1v) is 12.8. The van der Waals surface area contributed by atoms with Gasteiger partial charge in [0.1, 0.15) is 11.8 Å². The molecule has 3 N–H and O–H groups in total. The fraction of sp³-hybridized carbons (Fsp3) is 0.593. The van der Waals surface area contributed by atoms with E-state index in [0.29, 0.717) is 36.5 Å². The van der Waals surface area contributed by atoms with Crippen molar-refractivity contribution in [1.29, 1.82) is 0 Å². The Labute approximate surface area is 215 Å². The molecule has 37 heavy (non-hydrogen) atoms. The van der Waals surface area contributed by atoms with Crippen molar-refractivity contribution >= 4 is 17.8 Å². The van der Waals surface area contributed by atoms with Crippen LogP contribution in [0.25, 0.3) is 0 Å². The van der Waals surface area contributed by atoms with Crippen LogP contribution >= 0.6 is 0 Å². The van der Waals surface area contributed by atoms with Crippen LogP contribution in [0.5, 0.6) is 11.5 Å². The molecule has 5 atom stereocenters. The van der Waals surface area contributed by atoms with Crippen LogP contribution in [-0.4, -0.2) is 77.4 Å². The summed E-state index contributed by atoms with van der Waals surface area (Å²) in [5.74, 6) is -1.09. The third-order valence-electron chi connectivity index (χ3n) is 8.60. The van der Waals surface area contributed by atoms with Gasteiger partial charge in [-0.1, -0.05) is 19.9 Å². The summed E-state index contributed by atoms with van der Waals surface area (Å²) in [5, 5.41) is 23.9. The predicted molar refractivity (Wildman–Crippen MR) is 131 cm³/mol. The molecule has 4 aliphatic rings. The maximum atomic E-state index is 12.8. The summed E-state index contributed by atoms with van der Waals surface area (Å²) in [6.45, 7) is 4.15. The zero-order valence-corrected chi connectivity index (χ0v) is 21.6. The molecule has 0 saturated carbocycles. The molecule has 2 aliphatic heterocycles. The smallest absolute Gasteiger partial charge is 0.326 e. The lowest BCUT2D eigenvalue weighted by Gasteiger charge is -2.61. The lowest BCUT2D eigenvalue weighted by molar-refractivity contribution is -0.169. The number of hydrogen-bond acceptors (Lipinski definition) is 8. The molecule has 1 aromatic carbocycles. The Balaban J connectivity index is 1.38. The van der Waals surface area contributed by atoms with E-state index in [0.717, 1.165) is 17.7 Å². The predicted octanol–water partition coefficient (Wildman–Crippen LogP) is 1.52. The summed E-state index contributed by atoms with van der Waals surface area (Å²) in [5.41, 5.74) is 0.156. The summed E-state index contributed by atoms with van der Waals surface area (Å²) in [6.07, 6.45) is 2.22. The zero-order chi connectivity index (χ0) is 26.7. The Kier molecular flexibility index (Phi) is 6.23. The molecular formula is C27H34N2O8. The molecule has 2 aliphatic carbocycles. The van der Waals surface area contributed by atoms with Gasteiger partial charge in [0.15, 0.2) is 17.6 Å². The molecule has 1 fully saturated rings. The molecule has 1 saturated heterocycles. The van der Waals surface area contributed by atoms with Crippen molar-refractivity contribution in [3.05, 3.63) is 35.1 Å². The van der Waals surface area contributed by atoms with Crippen molar-refractivity contribution in [3.63, 3.8) is 0 Å². The van der Waals surface area contributed by atoms with E-state index in [1.165, 1.54) is 0 Å². The van der Waals surface area contributed by atoms with E-state index >= 15 is 0 Å². The quantitative estimate of drug-likeness (QED) is 0.441. The highest BCUT2D eigenvalue weighted by molar-refractivity contribution is 5.86. The minimum Gasteiger partial charge on any atom is -0.493 e. The van der Waals surface area contributed by atoms with Crippen molar-refractivity contribution < 1.29 is 38.8 Å². The Morgan fingerprint density at radius 2 is 2.03 bits per heavy atom. The number of hydrogen-bond donors (Lipinski definition) is 3. The Bertz CT molecular complexity index is 1180. The van der Waals surface area contributed by atoms with Gasteiger partial charge < -0.3 is 34.6 Å². The van der Waals surface area contributed by atoms with Gasteiger partial charge in [0.25, 0.3) is 0 Å². The molecule has 1 amide bonds. The van der Waals surface area contributed by atoms with Crippen LogP contribution in [0.2, 0.25) is 0 Å². The van der Waals surface area contributed by atoms with Crippen molar-refractivity contribution in [2.24, 2.45) is 5.92 Å². The van der Waals surface area contributed by atoms with E-state index in [-0.39, 0.29) is 24.8 Å². The Morgan fingerprint density at radius 1 is 1.27 bits per heavy atom. The van der Waals surface area contributed by atoms with Gasteiger partial charge in [-0.05, 0) is 50.1 Å². The number of nitrogens with zero attached hydrogens (tertiary/aromatic N) is 1. The van der Waals surface area contributed by atoms with Crippen molar-refractivity contribution in [1.82, 2.24) is 10.2 Å². The van der Waals surface area contributed by atoms with E-state index in [9.17, 15) is 24.6 Å². The van der Waals surface area contributed by atoms with Crippen LogP contribution in [0.4, 0.5) is 0 Å². The van der Waals surface area contributed by atoms with Gasteiger partial charge in [-0.15, -0.1) is 0 Å². The number of aliphatic hydroxyl groups is 1. The monoisotopic (exact) mass is 514 g/mol. The first kappa shape index (κ1) is 25.5. The van der Waals surface area contributed by atoms with E-state index in [1.54, 1.807) is 27.0 Å². The number of likely N-dealkylation sites (N-methyl/N-ethyl adjacent to an activating group) is 1. The maximum Gasteiger partial charge on any atom is 0.326 e. The molecule has 2 heterocycles. The fourth-order valence-electron chi connectivity index (χ4n) is 6.75. The van der Waals surface area contributed by atoms with Crippen LogP contribution < -0.4 is 14.8 Å². The third-order valence-corrected chi connectivity index (χ3v) is 8.60. The SMILES string of the molecule is COc1ccc2c3c1O[C@H]1C(OC(=O)CCC(=O)N[C@H](C(=O)O)C(C)C)=CC[C@@]4(O)[C@@H](C2)N(C)CC[C@]314. The summed E-state index contributed by atoms with van der Waals surface area (Å²) in [7, 11) is 3.60. The second-order valence-corrected chi connectivity index (χ2v) is 10.9. The van der Waals surface area contributed by atoms with Crippen LogP contribution in [0.15, 0.2) is 24.0 Å². The molecule has 2 bridgehead atoms. The molecule has 10 nitrogen and oxygen atoms in total. The molecule has 1 aromatic rings. The van der Waals surface area contributed by atoms with Gasteiger partial charge in [0.05, 0.1) is 24.5 Å². The number of amides is 1. The van der Waals surface area contributed by atoms with Crippen LogP contribution in [-0.2, 0) is 31.0 Å². The first-order chi connectivity index (χ1) is 17.5. The van der Waals surface area contributed by atoms with Crippen molar-refractivity contribution in [3.8, 4) is 11.5 Å². The van der Waals surface area contributed by atoms with Gasteiger partial charge in [0, 0.05) is 24.4 Å². The van der Waals surface area contributed by atoms with Gasteiger partial charge in [-0.2, -0.15) is 0 Å². The highest BCUT2D eigenvalue weighted by Crippen LogP contribution is 2.65. The van der Waals surface area contributed by atoms with Crippen LogP contribution in [0, 0.1) is 5.92 Å². The summed E-state index contributed by atoms with van der Waals surface area (Å²) in [4.78, 5) is 38.6. The van der Waals surface area contributed by atoms with E-state index < -0.39 is 41.0 Å². The number of aliphatic carboxylic acids is 1. The normalized spacial score (nSPS) is 30.1. The second-order valence-electron chi connectivity index (χ2n) is 10.9. The number of nitrogens with one attached hydrogen (secondary N) is 1. The second kappa shape index (κ2) is 9.02. The number of carboxylic acid groups (broad SMARTS) is 1. The highest BCUT2D eigenvalue weighted by atomic mass is 16.6. The molecule has 0 radical (unpaired) electrons. The van der Waals surface area contributed by atoms with Gasteiger partial charge >= 0.3 is 11.9 Å². The number of rotatable bonds is 8. The lowest BCUT2D eigenvalue weighted by atomic mass is 9.50. The molecule has 0 unspecified atom stereocenters. The van der Waals surface area contributed by atoms with Crippen molar-refractivity contribution in [2.45, 2.75) is 75.2 Å². The molecule has 5 rings (SSSR count). The third kappa shape index (κ3) is 3.72. The number of likely N-dealkylation sites (tertiary alicyclic amines) is 1. The standard InChI is InChI=1S/C27H34N2O8/c1-14(2)22(25(32)33)28-19(30)7-8-20(31)36-17-9-10-27(34)18-13-15-5-6-16(35-4)23-21(15)26(27,24(17)37-23)11-12-29(18)3/h5-6,9,14,18,22,24,34H,7-8,10-13H2,1-4H3,(H,28,30)(H,32,33)/t18-,22+,24+,26+,27-/m1/s1. The lowest BCUT2D eigenvalue weighted by Crippen LogP contribution is -2.74. The maximum absolute atomic E-state index is 12.8. The fourth-order valence-corrected chi connectivity index (χ4v) is 6.75. The van der Waals surface area contributed by atoms with Crippen molar-refractivity contribution in [2.75, 3.05) is 20.7 Å². The number of methoxy groups -OCH3 is 1. The topological polar surface area (TPSA) is 135 Å². The molecule has 200 valence electrons. The van der Waals surface area contributed by atoms with Gasteiger partial charge in [-0.25, -0.2) is 4.79 Å². The minimum absolute atomic E-state index is 0.112. The zero-order valence-electron chi connectivity index (χ0n) is 21.6. The average molecular weight is 515 g/mol. The van der Waals surface area contributed by atoms with Gasteiger partial charge in [0.2, 0.25) is 5.91 Å². The number of carbonyl (C=O) groups is 3. The highest BCUT2D eigenvalue weighted by Gasteiger charge is 2.72. The summed E-state index contributed by atoms with van der Waals surface area (Å²) >= 11 is 0. The number of ether oxygens (including phenoxy) is 3. The number of carbonyl (C=O) groups excluding carboxylic acids is 2. The molecule has 0 aromatic heterocycles. The minimum atomic E-state index is -1.12. The van der Waals surface area contributed by atoms with Crippen LogP contribution in [0.1, 0.15) is 50.7 Å². The number of esters is 1. The summed E-state index contributed by atoms with van der Waals surface area (Å²) < 4.78 is 17.8. The van der Waals surface area contributed by atoms with E-state index in [4.69, 9.17) is 14.2 Å². The van der Waals surface area contributed by atoms with E-state index in [2.05, 4.69) is 10.2 Å². The van der Waals surface area contributed by atoms with Gasteiger partial charge in [-0.3, -0.25) is 9.59 Å². The van der Waals surface area contributed by atoms with E-state index in [1.807, 2.05) is 19.2 Å². The average Bonchev–Trinajstić information content (AvgIpc) is 3.20. The Hall–Kier alpha value is -3.11. The molecule has 1 spiro atoms. The first-order valence-electron chi connectivity index (χ1n) is 12.8. The van der Waals surface area contributed by atoms with Crippen LogP contribution in [0.3, 0.4) is 0 Å². The Morgan fingerprint density at radius 3 is 2.70 bits per heavy atom. The number of carboxylic acids is 1. The summed E-state index contributed by atoms with van der Waals surface area (Å²) in [6, 6.07) is 2.76. The molecule has 10 heteroatoms. The molecular weight excluding hydrogens is 480 g/mol. The largest absolute Gasteiger partial charge is 0.493 e.